The first-order valence-corrected chi connectivity index (χ1v) is 7.85. The van der Waals surface area contributed by atoms with Gasteiger partial charge in [0.2, 0.25) is 0 Å². The topological polar surface area (TPSA) is 76.1 Å². The van der Waals surface area contributed by atoms with Gasteiger partial charge in [0.1, 0.15) is 11.5 Å². The number of carboxylic acids is 1. The van der Waals surface area contributed by atoms with Gasteiger partial charge in [0.05, 0.1) is 7.11 Å². The Kier molecular flexibility index (Phi) is 6.26. The van der Waals surface area contributed by atoms with E-state index in [9.17, 15) is 9.59 Å². The summed E-state index contributed by atoms with van der Waals surface area (Å²) in [7, 11) is 1.58. The van der Waals surface area contributed by atoms with E-state index in [0.717, 1.165) is 12.8 Å². The van der Waals surface area contributed by atoms with Crippen LogP contribution in [0.1, 0.15) is 25.7 Å². The molecule has 6 heteroatoms. The lowest BCUT2D eigenvalue weighted by atomic mass is 9.93. The van der Waals surface area contributed by atoms with Crippen molar-refractivity contribution in [2.24, 2.45) is 5.92 Å². The van der Waals surface area contributed by atoms with Gasteiger partial charge in [-0.2, -0.15) is 0 Å². The number of hydrogen-bond donors (Lipinski definition) is 1. The average molecular weight is 321 g/mol. The van der Waals surface area contributed by atoms with Gasteiger partial charge in [0.15, 0.2) is 6.61 Å². The molecule has 23 heavy (non-hydrogen) atoms. The summed E-state index contributed by atoms with van der Waals surface area (Å²) in [5.74, 6) is 0.696. The van der Waals surface area contributed by atoms with Gasteiger partial charge in [-0.25, -0.2) is 0 Å². The van der Waals surface area contributed by atoms with Gasteiger partial charge in [-0.15, -0.1) is 0 Å². The number of nitrogens with zero attached hydrogens (tertiary/aromatic N) is 1. The van der Waals surface area contributed by atoms with Crippen molar-refractivity contribution in [3.8, 4) is 11.5 Å². The maximum atomic E-state index is 12.3. The highest BCUT2D eigenvalue weighted by atomic mass is 16.5. The van der Waals surface area contributed by atoms with Crippen molar-refractivity contribution in [1.82, 2.24) is 4.90 Å². The molecule has 0 radical (unpaired) electrons. The van der Waals surface area contributed by atoms with Crippen LogP contribution in [0.2, 0.25) is 0 Å². The highest BCUT2D eigenvalue weighted by Gasteiger charge is 2.24. The van der Waals surface area contributed by atoms with Crippen LogP contribution >= 0.6 is 0 Å². The van der Waals surface area contributed by atoms with Crippen molar-refractivity contribution in [1.29, 1.82) is 0 Å². The van der Waals surface area contributed by atoms with Crippen molar-refractivity contribution in [3.05, 3.63) is 24.3 Å². The molecule has 2 rings (SSSR count). The van der Waals surface area contributed by atoms with Crippen molar-refractivity contribution in [2.75, 3.05) is 26.8 Å². The lowest BCUT2D eigenvalue weighted by Gasteiger charge is -2.32. The fourth-order valence-corrected chi connectivity index (χ4v) is 2.78. The summed E-state index contributed by atoms with van der Waals surface area (Å²) in [4.78, 5) is 24.7. The number of aliphatic carboxylic acids is 1. The maximum absolute atomic E-state index is 12.3. The molecule has 1 atom stereocenters. The molecule has 0 saturated carbocycles. The number of methoxy groups -OCH3 is 1. The van der Waals surface area contributed by atoms with Gasteiger partial charge >= 0.3 is 5.97 Å². The first-order valence-electron chi connectivity index (χ1n) is 7.85. The third kappa shape index (κ3) is 5.47. The molecule has 1 aliphatic rings. The van der Waals surface area contributed by atoms with Crippen molar-refractivity contribution in [3.63, 3.8) is 0 Å². The van der Waals surface area contributed by atoms with Gasteiger partial charge in [-0.05, 0) is 37.3 Å². The maximum Gasteiger partial charge on any atom is 0.303 e. The second-order valence-electron chi connectivity index (χ2n) is 5.75. The zero-order chi connectivity index (χ0) is 16.7. The van der Waals surface area contributed by atoms with Gasteiger partial charge in [-0.1, -0.05) is 6.07 Å². The van der Waals surface area contributed by atoms with Crippen LogP contribution in [0.5, 0.6) is 11.5 Å². The largest absolute Gasteiger partial charge is 0.497 e. The van der Waals surface area contributed by atoms with Crippen molar-refractivity contribution in [2.45, 2.75) is 25.7 Å². The number of benzene rings is 1. The van der Waals surface area contributed by atoms with Crippen LogP contribution in [0.3, 0.4) is 0 Å². The Balaban J connectivity index is 1.81. The van der Waals surface area contributed by atoms with E-state index in [-0.39, 0.29) is 24.9 Å². The number of carboxylic acid groups (broad SMARTS) is 1. The Morgan fingerprint density at radius 1 is 1.35 bits per heavy atom. The molecule has 1 amide bonds. The molecule has 0 spiro atoms. The van der Waals surface area contributed by atoms with E-state index in [2.05, 4.69) is 0 Å². The lowest BCUT2D eigenvalue weighted by molar-refractivity contribution is -0.137. The summed E-state index contributed by atoms with van der Waals surface area (Å²) in [5.41, 5.74) is 0. The zero-order valence-electron chi connectivity index (χ0n) is 13.4. The number of amides is 1. The number of rotatable bonds is 7. The van der Waals surface area contributed by atoms with E-state index in [1.165, 1.54) is 0 Å². The predicted molar refractivity (Wildman–Crippen MR) is 84.7 cm³/mol. The van der Waals surface area contributed by atoms with E-state index in [1.54, 1.807) is 24.1 Å². The molecule has 126 valence electrons. The number of carbonyl (C=O) groups excluding carboxylic acids is 1. The Hall–Kier alpha value is -2.24. The Morgan fingerprint density at radius 3 is 2.87 bits per heavy atom. The van der Waals surface area contributed by atoms with Gasteiger partial charge in [0, 0.05) is 25.6 Å². The number of hydrogen-bond acceptors (Lipinski definition) is 4. The minimum atomic E-state index is -0.783. The molecule has 6 nitrogen and oxygen atoms in total. The number of ether oxygens (including phenoxy) is 2. The number of piperidine rings is 1. The van der Waals surface area contributed by atoms with E-state index in [1.807, 2.05) is 12.1 Å². The third-order valence-electron chi connectivity index (χ3n) is 4.04. The molecular weight excluding hydrogens is 298 g/mol. The normalized spacial score (nSPS) is 17.6. The minimum absolute atomic E-state index is 0.0151. The molecule has 0 aromatic heterocycles. The third-order valence-corrected chi connectivity index (χ3v) is 4.04. The molecule has 1 aromatic rings. The Bertz CT molecular complexity index is 546. The molecule has 1 aromatic carbocycles. The zero-order valence-corrected chi connectivity index (χ0v) is 13.4. The fraction of sp³-hybridized carbons (Fsp3) is 0.529. The highest BCUT2D eigenvalue weighted by molar-refractivity contribution is 5.78. The van der Waals surface area contributed by atoms with E-state index in [0.29, 0.717) is 31.0 Å². The van der Waals surface area contributed by atoms with Crippen molar-refractivity contribution >= 4 is 11.9 Å². The first-order chi connectivity index (χ1) is 11.1. The smallest absolute Gasteiger partial charge is 0.303 e. The summed E-state index contributed by atoms with van der Waals surface area (Å²) < 4.78 is 10.6. The highest BCUT2D eigenvalue weighted by Crippen LogP contribution is 2.22. The fourth-order valence-electron chi connectivity index (χ4n) is 2.78. The molecule has 1 aliphatic heterocycles. The lowest BCUT2D eigenvalue weighted by Crippen LogP contribution is -2.42. The molecular formula is C17H23NO5. The van der Waals surface area contributed by atoms with Crippen LogP contribution in [0.25, 0.3) is 0 Å². The van der Waals surface area contributed by atoms with Crippen molar-refractivity contribution < 1.29 is 24.2 Å². The summed E-state index contributed by atoms with van der Waals surface area (Å²) in [6.07, 6.45) is 2.67. The molecule has 1 saturated heterocycles. The quantitative estimate of drug-likeness (QED) is 0.833. The summed E-state index contributed by atoms with van der Waals surface area (Å²) in [6, 6.07) is 7.13. The monoisotopic (exact) mass is 321 g/mol. The average Bonchev–Trinajstić information content (AvgIpc) is 2.58. The van der Waals surface area contributed by atoms with E-state index < -0.39 is 5.97 Å². The molecule has 1 N–H and O–H groups in total. The van der Waals surface area contributed by atoms with Crippen LogP contribution in [0.4, 0.5) is 0 Å². The predicted octanol–water partition coefficient (Wildman–Crippen LogP) is 2.18. The molecule has 0 aliphatic carbocycles. The first kappa shape index (κ1) is 17.1. The molecule has 1 unspecified atom stereocenters. The SMILES string of the molecule is COc1cccc(OCC(=O)N2CCCC(CCC(=O)O)C2)c1. The van der Waals surface area contributed by atoms with E-state index >= 15 is 0 Å². The minimum Gasteiger partial charge on any atom is -0.497 e. The standard InChI is InChI=1S/C17H23NO5/c1-22-14-5-2-6-15(10-14)23-12-16(19)18-9-3-4-13(11-18)7-8-17(20)21/h2,5-6,10,13H,3-4,7-9,11-12H2,1H3,(H,20,21). The van der Waals surface area contributed by atoms with Crippen LogP contribution in [-0.4, -0.2) is 48.7 Å². The van der Waals surface area contributed by atoms with Gasteiger partial charge in [0.25, 0.3) is 5.91 Å². The van der Waals surface area contributed by atoms with Gasteiger partial charge in [-0.3, -0.25) is 9.59 Å². The van der Waals surface area contributed by atoms with Crippen LogP contribution in [-0.2, 0) is 9.59 Å². The van der Waals surface area contributed by atoms with Crippen LogP contribution < -0.4 is 9.47 Å². The molecule has 1 fully saturated rings. The molecule has 0 bridgehead atoms. The Morgan fingerprint density at radius 2 is 2.13 bits per heavy atom. The van der Waals surface area contributed by atoms with Crippen LogP contribution in [0.15, 0.2) is 24.3 Å². The number of carbonyl (C=O) groups is 2. The second-order valence-corrected chi connectivity index (χ2v) is 5.75. The molecule has 1 heterocycles. The summed E-state index contributed by atoms with van der Waals surface area (Å²) in [6.45, 7) is 1.32. The van der Waals surface area contributed by atoms with E-state index in [4.69, 9.17) is 14.6 Å². The van der Waals surface area contributed by atoms with Crippen LogP contribution in [0, 0.1) is 5.92 Å². The summed E-state index contributed by atoms with van der Waals surface area (Å²) in [5, 5.41) is 8.76. The van der Waals surface area contributed by atoms with Gasteiger partial charge < -0.3 is 19.5 Å². The number of likely N-dealkylation sites (tertiary alicyclic amines) is 1. The summed E-state index contributed by atoms with van der Waals surface area (Å²) >= 11 is 0. The Labute approximate surface area is 136 Å². The second kappa shape index (κ2) is 8.41.